The van der Waals surface area contributed by atoms with Crippen LogP contribution in [0.15, 0.2) is 0 Å². The van der Waals surface area contributed by atoms with E-state index in [4.69, 9.17) is 9.79 Å². The Morgan fingerprint density at radius 3 is 1.92 bits per heavy atom. The van der Waals surface area contributed by atoms with Crippen molar-refractivity contribution < 1.29 is 14.4 Å². The number of rotatable bonds is 7. The molecule has 0 aliphatic carbocycles. The lowest BCUT2D eigenvalue weighted by Gasteiger charge is -2.02. The second kappa shape index (κ2) is 8.70. The summed E-state index contributed by atoms with van der Waals surface area (Å²) in [6, 6.07) is 0. The third-order valence-corrected chi connectivity index (χ3v) is 2.70. The standard InChI is InChI=1S/C8H19O3P.H3N/c1-2-3-4-5-6-7-8-12(9,10)11;/h2-8H2,1H3,(H2,9,10,11);1H3. The first-order valence-corrected chi connectivity index (χ1v) is 6.40. The molecule has 4 nitrogen and oxygen atoms in total. The van der Waals surface area contributed by atoms with E-state index in [9.17, 15) is 4.57 Å². The highest BCUT2D eigenvalue weighted by Crippen LogP contribution is 2.35. The third-order valence-electron chi connectivity index (χ3n) is 1.80. The predicted molar refractivity (Wildman–Crippen MR) is 55.3 cm³/mol. The lowest BCUT2D eigenvalue weighted by atomic mass is 10.1. The topological polar surface area (TPSA) is 92.5 Å². The average molecular weight is 211 g/mol. The highest BCUT2D eigenvalue weighted by atomic mass is 31.2. The summed E-state index contributed by atoms with van der Waals surface area (Å²) in [6.45, 7) is 2.15. The summed E-state index contributed by atoms with van der Waals surface area (Å²) in [5, 5.41) is 0. The van der Waals surface area contributed by atoms with Gasteiger partial charge in [0.2, 0.25) is 0 Å². The van der Waals surface area contributed by atoms with Crippen LogP contribution in [0.4, 0.5) is 0 Å². The Hall–Kier alpha value is 0.110. The predicted octanol–water partition coefficient (Wildman–Crippen LogP) is 2.69. The zero-order valence-electron chi connectivity index (χ0n) is 8.41. The molecule has 0 saturated carbocycles. The fraction of sp³-hybridized carbons (Fsp3) is 1.00. The molecular formula is C8H22NO3P. The quantitative estimate of drug-likeness (QED) is 0.446. The SMILES string of the molecule is CCCCCCCCP(=O)(O)O.N. The first kappa shape index (κ1) is 15.6. The van der Waals surface area contributed by atoms with Crippen LogP contribution in [-0.4, -0.2) is 15.9 Å². The fourth-order valence-electron chi connectivity index (χ4n) is 1.10. The largest absolute Gasteiger partial charge is 0.344 e. The van der Waals surface area contributed by atoms with Gasteiger partial charge >= 0.3 is 7.60 Å². The smallest absolute Gasteiger partial charge is 0.325 e. The molecule has 0 atom stereocenters. The highest BCUT2D eigenvalue weighted by Gasteiger charge is 2.10. The molecule has 0 aliphatic heterocycles. The molecule has 82 valence electrons. The molecule has 0 saturated heterocycles. The van der Waals surface area contributed by atoms with E-state index in [2.05, 4.69) is 6.92 Å². The van der Waals surface area contributed by atoms with Crippen molar-refractivity contribution in [1.29, 1.82) is 0 Å². The second-order valence-corrected chi connectivity index (χ2v) is 4.93. The molecule has 0 aromatic rings. The molecule has 0 heterocycles. The summed E-state index contributed by atoms with van der Waals surface area (Å²) in [5.41, 5.74) is 0. The van der Waals surface area contributed by atoms with Crippen LogP contribution in [0, 0.1) is 0 Å². The molecule has 0 bridgehead atoms. The van der Waals surface area contributed by atoms with Crippen LogP contribution in [0.5, 0.6) is 0 Å². The maximum Gasteiger partial charge on any atom is 0.325 e. The van der Waals surface area contributed by atoms with Crippen molar-refractivity contribution in [3.8, 4) is 0 Å². The highest BCUT2D eigenvalue weighted by molar-refractivity contribution is 7.51. The molecule has 5 heteroatoms. The lowest BCUT2D eigenvalue weighted by molar-refractivity contribution is 0.370. The Morgan fingerprint density at radius 1 is 1.00 bits per heavy atom. The minimum absolute atomic E-state index is 0. The Morgan fingerprint density at radius 2 is 1.46 bits per heavy atom. The molecule has 0 fully saturated rings. The van der Waals surface area contributed by atoms with E-state index in [1.54, 1.807) is 0 Å². The zero-order valence-corrected chi connectivity index (χ0v) is 9.30. The lowest BCUT2D eigenvalue weighted by Crippen LogP contribution is -1.88. The minimum Gasteiger partial charge on any atom is -0.344 e. The second-order valence-electron chi connectivity index (χ2n) is 3.16. The molecule has 0 aromatic heterocycles. The summed E-state index contributed by atoms with van der Waals surface area (Å²) >= 11 is 0. The third kappa shape index (κ3) is 14.9. The van der Waals surface area contributed by atoms with Crippen LogP contribution in [0.3, 0.4) is 0 Å². The summed E-state index contributed by atoms with van der Waals surface area (Å²) in [5.74, 6) is 0. The van der Waals surface area contributed by atoms with Crippen molar-refractivity contribution in [2.45, 2.75) is 45.4 Å². The van der Waals surface area contributed by atoms with Crippen molar-refractivity contribution in [2.75, 3.05) is 6.16 Å². The minimum atomic E-state index is -3.72. The molecule has 0 aliphatic rings. The van der Waals surface area contributed by atoms with E-state index in [1.807, 2.05) is 0 Å². The Balaban J connectivity index is 0. The average Bonchev–Trinajstić information content (AvgIpc) is 1.94. The molecule has 0 radical (unpaired) electrons. The number of hydrogen-bond acceptors (Lipinski definition) is 2. The molecule has 0 amide bonds. The van der Waals surface area contributed by atoms with Gasteiger partial charge in [0.05, 0.1) is 0 Å². The van der Waals surface area contributed by atoms with Crippen LogP contribution in [0.25, 0.3) is 0 Å². The molecular weight excluding hydrogens is 189 g/mol. The van der Waals surface area contributed by atoms with Crippen LogP contribution in [0.1, 0.15) is 45.4 Å². The summed E-state index contributed by atoms with van der Waals surface area (Å²) in [6.07, 6.45) is 6.40. The van der Waals surface area contributed by atoms with Gasteiger partial charge < -0.3 is 15.9 Å². The molecule has 0 aromatic carbocycles. The number of unbranched alkanes of at least 4 members (excludes halogenated alkanes) is 5. The van der Waals surface area contributed by atoms with Gasteiger partial charge in [-0.25, -0.2) is 0 Å². The van der Waals surface area contributed by atoms with E-state index in [0.29, 0.717) is 6.42 Å². The maximum atomic E-state index is 10.4. The van der Waals surface area contributed by atoms with Gasteiger partial charge in [0.15, 0.2) is 0 Å². The molecule has 0 spiro atoms. The molecule has 0 rings (SSSR count). The van der Waals surface area contributed by atoms with Crippen molar-refractivity contribution in [1.82, 2.24) is 6.15 Å². The first-order valence-electron chi connectivity index (χ1n) is 4.61. The Labute approximate surface area is 80.5 Å². The van der Waals surface area contributed by atoms with Crippen molar-refractivity contribution in [2.24, 2.45) is 0 Å². The maximum absolute atomic E-state index is 10.4. The van der Waals surface area contributed by atoms with Gasteiger partial charge in [-0.1, -0.05) is 39.0 Å². The van der Waals surface area contributed by atoms with E-state index < -0.39 is 7.60 Å². The van der Waals surface area contributed by atoms with Crippen molar-refractivity contribution in [3.63, 3.8) is 0 Å². The number of hydrogen-bond donors (Lipinski definition) is 3. The Kier molecular flexibility index (Phi) is 10.4. The summed E-state index contributed by atoms with van der Waals surface area (Å²) in [7, 11) is -3.72. The van der Waals surface area contributed by atoms with Gasteiger partial charge in [-0.2, -0.15) is 0 Å². The van der Waals surface area contributed by atoms with Gasteiger partial charge in [0.1, 0.15) is 0 Å². The fourth-order valence-corrected chi connectivity index (χ4v) is 1.73. The molecule has 0 unspecified atom stereocenters. The van der Waals surface area contributed by atoms with E-state index in [-0.39, 0.29) is 12.3 Å². The normalized spacial score (nSPS) is 11.0. The van der Waals surface area contributed by atoms with Crippen LogP contribution in [-0.2, 0) is 4.57 Å². The monoisotopic (exact) mass is 211 g/mol. The van der Waals surface area contributed by atoms with Gasteiger partial charge in [0, 0.05) is 6.16 Å². The van der Waals surface area contributed by atoms with Gasteiger partial charge in [-0.15, -0.1) is 0 Å². The van der Waals surface area contributed by atoms with E-state index in [0.717, 1.165) is 12.8 Å². The molecule has 5 N–H and O–H groups in total. The zero-order chi connectivity index (χ0) is 9.45. The Bertz CT molecular complexity index is 146. The van der Waals surface area contributed by atoms with Crippen molar-refractivity contribution in [3.05, 3.63) is 0 Å². The van der Waals surface area contributed by atoms with E-state index in [1.165, 1.54) is 19.3 Å². The summed E-state index contributed by atoms with van der Waals surface area (Å²) in [4.78, 5) is 17.1. The van der Waals surface area contributed by atoms with Crippen molar-refractivity contribution >= 4 is 7.60 Å². The van der Waals surface area contributed by atoms with Gasteiger partial charge in [0.25, 0.3) is 0 Å². The van der Waals surface area contributed by atoms with Crippen LogP contribution in [0.2, 0.25) is 0 Å². The van der Waals surface area contributed by atoms with Crippen LogP contribution < -0.4 is 6.15 Å². The van der Waals surface area contributed by atoms with Gasteiger partial charge in [-0.3, -0.25) is 4.57 Å². The van der Waals surface area contributed by atoms with Crippen LogP contribution >= 0.6 is 7.60 Å². The summed E-state index contributed by atoms with van der Waals surface area (Å²) < 4.78 is 10.4. The van der Waals surface area contributed by atoms with E-state index >= 15 is 0 Å². The first-order chi connectivity index (χ1) is 5.56. The molecule has 13 heavy (non-hydrogen) atoms. The van der Waals surface area contributed by atoms with Gasteiger partial charge in [-0.05, 0) is 6.42 Å².